The molecule has 1 heterocycles. The van der Waals surface area contributed by atoms with Gasteiger partial charge >= 0.3 is 0 Å². The van der Waals surface area contributed by atoms with Crippen molar-refractivity contribution in [3.05, 3.63) is 62.2 Å². The molecule has 14 nitrogen and oxygen atoms in total. The number of hydrazone groups is 1. The number of nitrogens with one attached hydrogen (secondary N) is 1. The van der Waals surface area contributed by atoms with Crippen LogP contribution in [-0.4, -0.2) is 79.9 Å². The zero-order valence-corrected chi connectivity index (χ0v) is 23.6. The number of piperidine rings is 1. The third kappa shape index (κ3) is 6.71. The average Bonchev–Trinajstić information content (AvgIpc) is 2.93. The lowest BCUT2D eigenvalue weighted by atomic mass is 9.98. The van der Waals surface area contributed by atoms with Gasteiger partial charge in [0.15, 0.2) is 0 Å². The van der Waals surface area contributed by atoms with Crippen molar-refractivity contribution in [2.75, 3.05) is 50.6 Å². The van der Waals surface area contributed by atoms with E-state index in [1.54, 1.807) is 30.0 Å². The highest BCUT2D eigenvalue weighted by atomic mass is 32.2. The SMILES string of the molecule is CCN(CC)C(=O)[C@H]1CCCN(S(=O)(=O)c2cc([N+](=O)[O-])ccc2N/N=C\c2cc([N+](=O)[O-])ccc2N(C)C)C1. The molecule has 2 aromatic rings. The molecule has 216 valence electrons. The number of hydrogen-bond donors (Lipinski definition) is 1. The molecule has 40 heavy (non-hydrogen) atoms. The Morgan fingerprint density at radius 1 is 1.10 bits per heavy atom. The molecule has 15 heteroatoms. The molecule has 1 aliphatic rings. The zero-order chi connectivity index (χ0) is 29.6. The molecular formula is C25H33N7O7S. The molecule has 0 saturated carbocycles. The first-order valence-corrected chi connectivity index (χ1v) is 14.2. The van der Waals surface area contributed by atoms with E-state index in [0.717, 1.165) is 12.1 Å². The van der Waals surface area contributed by atoms with Crippen LogP contribution in [0, 0.1) is 26.1 Å². The van der Waals surface area contributed by atoms with Crippen molar-refractivity contribution < 1.29 is 23.1 Å². The second-order valence-electron chi connectivity index (χ2n) is 9.41. The van der Waals surface area contributed by atoms with Crippen LogP contribution in [-0.2, 0) is 14.8 Å². The molecule has 2 aromatic carbocycles. The van der Waals surface area contributed by atoms with Gasteiger partial charge in [-0.15, -0.1) is 0 Å². The van der Waals surface area contributed by atoms with Gasteiger partial charge in [-0.25, -0.2) is 8.42 Å². The summed E-state index contributed by atoms with van der Waals surface area (Å²) in [6, 6.07) is 7.60. The maximum absolute atomic E-state index is 13.8. The number of benzene rings is 2. The molecule has 3 rings (SSSR count). The molecule has 0 radical (unpaired) electrons. The fourth-order valence-electron chi connectivity index (χ4n) is 4.56. The van der Waals surface area contributed by atoms with E-state index < -0.39 is 31.5 Å². The molecule has 0 unspecified atom stereocenters. The van der Waals surface area contributed by atoms with Gasteiger partial charge < -0.3 is 9.80 Å². The van der Waals surface area contributed by atoms with Crippen molar-refractivity contribution in [3.8, 4) is 0 Å². The van der Waals surface area contributed by atoms with Crippen LogP contribution < -0.4 is 10.3 Å². The van der Waals surface area contributed by atoms with Crippen molar-refractivity contribution in [2.45, 2.75) is 31.6 Å². The summed E-state index contributed by atoms with van der Waals surface area (Å²) in [6.07, 6.45) is 2.32. The summed E-state index contributed by atoms with van der Waals surface area (Å²) >= 11 is 0. The molecule has 1 atom stereocenters. The highest BCUT2D eigenvalue weighted by molar-refractivity contribution is 7.89. The largest absolute Gasteiger partial charge is 0.377 e. The Bertz CT molecular complexity index is 1410. The van der Waals surface area contributed by atoms with Crippen molar-refractivity contribution in [1.29, 1.82) is 0 Å². The van der Waals surface area contributed by atoms with Crippen molar-refractivity contribution in [2.24, 2.45) is 11.0 Å². The number of hydrogen-bond acceptors (Lipinski definition) is 10. The molecule has 1 aliphatic heterocycles. The Hall–Kier alpha value is -4.11. The smallest absolute Gasteiger partial charge is 0.270 e. The van der Waals surface area contributed by atoms with Crippen molar-refractivity contribution >= 4 is 44.9 Å². The molecule has 1 saturated heterocycles. The monoisotopic (exact) mass is 575 g/mol. The summed E-state index contributed by atoms with van der Waals surface area (Å²) in [4.78, 5) is 37.5. The van der Waals surface area contributed by atoms with E-state index in [1.165, 1.54) is 28.7 Å². The van der Waals surface area contributed by atoms with Crippen LogP contribution in [0.5, 0.6) is 0 Å². The van der Waals surface area contributed by atoms with E-state index in [2.05, 4.69) is 10.5 Å². The quantitative estimate of drug-likeness (QED) is 0.240. The third-order valence-corrected chi connectivity index (χ3v) is 8.60. The van der Waals surface area contributed by atoms with Gasteiger partial charge in [-0.2, -0.15) is 9.41 Å². The fraction of sp³-hybridized carbons (Fsp3) is 0.440. The maximum Gasteiger partial charge on any atom is 0.270 e. The van der Waals surface area contributed by atoms with E-state index >= 15 is 0 Å². The van der Waals surface area contributed by atoms with E-state index in [-0.39, 0.29) is 35.3 Å². The van der Waals surface area contributed by atoms with Crippen molar-refractivity contribution in [3.63, 3.8) is 0 Å². The molecule has 0 bridgehead atoms. The molecule has 0 aliphatic carbocycles. The van der Waals surface area contributed by atoms with E-state index in [0.29, 0.717) is 37.2 Å². The summed E-state index contributed by atoms with van der Waals surface area (Å²) in [7, 11) is -0.757. The van der Waals surface area contributed by atoms with Gasteiger partial charge in [-0.1, -0.05) is 0 Å². The summed E-state index contributed by atoms with van der Waals surface area (Å²) in [5.41, 5.74) is 3.07. The number of nitro groups is 2. The third-order valence-electron chi connectivity index (χ3n) is 6.69. The number of non-ortho nitro benzene ring substituents is 2. The normalized spacial score (nSPS) is 16.1. The second kappa shape index (κ2) is 12.8. The molecule has 1 amide bonds. The topological polar surface area (TPSA) is 172 Å². The molecular weight excluding hydrogens is 542 g/mol. The lowest BCUT2D eigenvalue weighted by Gasteiger charge is -2.34. The predicted molar refractivity (Wildman–Crippen MR) is 151 cm³/mol. The van der Waals surface area contributed by atoms with Gasteiger partial charge in [0, 0.05) is 75.8 Å². The van der Waals surface area contributed by atoms with Gasteiger partial charge in [0.1, 0.15) is 4.90 Å². The van der Waals surface area contributed by atoms with Crippen LogP contribution in [0.2, 0.25) is 0 Å². The number of anilines is 2. The Morgan fingerprint density at radius 2 is 1.73 bits per heavy atom. The summed E-state index contributed by atoms with van der Waals surface area (Å²) in [6.45, 7) is 4.86. The summed E-state index contributed by atoms with van der Waals surface area (Å²) in [5.74, 6) is -0.643. The number of sulfonamides is 1. The van der Waals surface area contributed by atoms with Gasteiger partial charge in [-0.05, 0) is 38.8 Å². The Morgan fingerprint density at radius 3 is 2.33 bits per heavy atom. The lowest BCUT2D eigenvalue weighted by Crippen LogP contribution is -2.46. The van der Waals surface area contributed by atoms with Gasteiger partial charge in [0.25, 0.3) is 11.4 Å². The molecule has 1 N–H and O–H groups in total. The predicted octanol–water partition coefficient (Wildman–Crippen LogP) is 3.28. The van der Waals surface area contributed by atoms with E-state index in [4.69, 9.17) is 0 Å². The van der Waals surface area contributed by atoms with Crippen LogP contribution in [0.15, 0.2) is 46.4 Å². The first-order valence-electron chi connectivity index (χ1n) is 12.7. The Balaban J connectivity index is 1.96. The number of carbonyl (C=O) groups is 1. The Kier molecular flexibility index (Phi) is 9.76. The fourth-order valence-corrected chi connectivity index (χ4v) is 6.25. The number of nitro benzene ring substituents is 2. The van der Waals surface area contributed by atoms with Crippen LogP contribution in [0.1, 0.15) is 32.3 Å². The van der Waals surface area contributed by atoms with Crippen LogP contribution in [0.4, 0.5) is 22.7 Å². The molecule has 1 fully saturated rings. The van der Waals surface area contributed by atoms with Gasteiger partial charge in [-0.3, -0.25) is 30.4 Å². The van der Waals surface area contributed by atoms with Gasteiger partial charge in [0.05, 0.1) is 27.7 Å². The van der Waals surface area contributed by atoms with Crippen LogP contribution in [0.25, 0.3) is 0 Å². The van der Waals surface area contributed by atoms with E-state index in [1.807, 2.05) is 13.8 Å². The summed E-state index contributed by atoms with van der Waals surface area (Å²) in [5, 5.41) is 26.8. The zero-order valence-electron chi connectivity index (χ0n) is 22.8. The van der Waals surface area contributed by atoms with Gasteiger partial charge in [0.2, 0.25) is 15.9 Å². The Labute approximate surface area is 232 Å². The minimum atomic E-state index is -4.26. The lowest BCUT2D eigenvalue weighted by molar-refractivity contribution is -0.385. The van der Waals surface area contributed by atoms with Crippen LogP contribution in [0.3, 0.4) is 0 Å². The highest BCUT2D eigenvalue weighted by Gasteiger charge is 2.36. The average molecular weight is 576 g/mol. The minimum absolute atomic E-state index is 0.0177. The minimum Gasteiger partial charge on any atom is -0.377 e. The maximum atomic E-state index is 13.8. The molecule has 0 spiro atoms. The van der Waals surface area contributed by atoms with Crippen LogP contribution >= 0.6 is 0 Å². The first kappa shape index (κ1) is 30.4. The van der Waals surface area contributed by atoms with Crippen molar-refractivity contribution in [1.82, 2.24) is 9.21 Å². The standard InChI is InChI=1S/C25H33N7O7S/c1-5-29(6-2)25(33)18-8-7-13-30(17-18)40(38,39)24-15-21(32(36)37)9-11-22(24)27-26-16-19-14-20(31(34)35)10-12-23(19)28(3)4/h9-12,14-16,18,27H,5-8,13,17H2,1-4H3/b26-16-/t18-/m0/s1. The number of amides is 1. The number of nitrogens with zero attached hydrogens (tertiary/aromatic N) is 6. The highest BCUT2D eigenvalue weighted by Crippen LogP contribution is 2.32. The second-order valence-corrected chi connectivity index (χ2v) is 11.3. The molecule has 0 aromatic heterocycles. The summed E-state index contributed by atoms with van der Waals surface area (Å²) < 4.78 is 28.7. The number of carbonyl (C=O) groups excluding carboxylic acids is 1. The number of rotatable bonds is 11. The first-order chi connectivity index (χ1) is 18.9. The van der Waals surface area contributed by atoms with E-state index in [9.17, 15) is 33.4 Å².